The summed E-state index contributed by atoms with van der Waals surface area (Å²) < 4.78 is 15.0. The zero-order valence-electron chi connectivity index (χ0n) is 7.77. The van der Waals surface area contributed by atoms with Crippen molar-refractivity contribution in [3.8, 4) is 5.75 Å². The van der Waals surface area contributed by atoms with Crippen molar-refractivity contribution in [3.63, 3.8) is 0 Å². The highest BCUT2D eigenvalue weighted by Crippen LogP contribution is 2.22. The van der Waals surface area contributed by atoms with E-state index in [0.29, 0.717) is 16.9 Å². The van der Waals surface area contributed by atoms with Gasteiger partial charge in [0.1, 0.15) is 5.75 Å². The van der Waals surface area contributed by atoms with Gasteiger partial charge in [0.05, 0.1) is 0 Å². The smallest absolute Gasteiger partial charge is 0.412 e. The van der Waals surface area contributed by atoms with Crippen LogP contribution in [0.2, 0.25) is 0 Å². The van der Waals surface area contributed by atoms with E-state index in [2.05, 4.69) is 5.32 Å². The van der Waals surface area contributed by atoms with E-state index in [9.17, 15) is 4.79 Å². The first kappa shape index (κ1) is 9.72. The molecule has 0 bridgehead atoms. The number of hydrogen-bond acceptors (Lipinski definition) is 5. The molecule has 1 heterocycles. The maximum Gasteiger partial charge on any atom is 0.412 e. The lowest BCUT2D eigenvalue weighted by atomic mass is 10.3. The van der Waals surface area contributed by atoms with Gasteiger partial charge < -0.3 is 18.9 Å². The van der Waals surface area contributed by atoms with Crippen molar-refractivity contribution in [1.82, 2.24) is 5.32 Å². The Bertz CT molecular complexity index is 556. The summed E-state index contributed by atoms with van der Waals surface area (Å²) in [5.41, 5.74) is 0.964. The molecule has 78 valence electrons. The molecule has 0 aliphatic rings. The Morgan fingerprint density at radius 2 is 2.13 bits per heavy atom. The summed E-state index contributed by atoms with van der Waals surface area (Å²) in [6.45, 7) is 0. The van der Waals surface area contributed by atoms with E-state index in [1.54, 1.807) is 12.1 Å². The molecule has 1 aromatic heterocycles. The monoisotopic (exact) mass is 225 g/mol. The Morgan fingerprint density at radius 1 is 1.40 bits per heavy atom. The quantitative estimate of drug-likeness (QED) is 0.755. The highest BCUT2D eigenvalue weighted by atomic mass is 32.1. The molecule has 5 nitrogen and oxygen atoms in total. The van der Waals surface area contributed by atoms with Gasteiger partial charge in [0, 0.05) is 25.3 Å². The van der Waals surface area contributed by atoms with E-state index in [0.717, 1.165) is 0 Å². The third kappa shape index (κ3) is 1.99. The molecule has 0 saturated carbocycles. The van der Waals surface area contributed by atoms with Gasteiger partial charge in [-0.25, -0.2) is 4.79 Å². The average Bonchev–Trinajstić information content (AvgIpc) is 2.57. The van der Waals surface area contributed by atoms with Gasteiger partial charge in [-0.2, -0.15) is 0 Å². The highest BCUT2D eigenvalue weighted by Gasteiger charge is 2.06. The standard InChI is InChI=1S/C9H7NO4S/c1-10-8(11)12-5-2-3-6-7(4-5)14-9(15)13-6/h2-4H,1H3,(H,10,11). The second-order valence-electron chi connectivity index (χ2n) is 2.70. The van der Waals surface area contributed by atoms with Crippen LogP contribution in [0.5, 0.6) is 5.75 Å². The van der Waals surface area contributed by atoms with Crippen LogP contribution in [0, 0.1) is 4.90 Å². The highest BCUT2D eigenvalue weighted by molar-refractivity contribution is 7.71. The molecule has 0 aliphatic carbocycles. The van der Waals surface area contributed by atoms with Crippen LogP contribution < -0.4 is 10.1 Å². The Hall–Kier alpha value is -1.82. The Morgan fingerprint density at radius 3 is 2.87 bits per heavy atom. The van der Waals surface area contributed by atoms with E-state index >= 15 is 0 Å². The lowest BCUT2D eigenvalue weighted by Crippen LogP contribution is -2.21. The largest absolute Gasteiger partial charge is 0.413 e. The van der Waals surface area contributed by atoms with Gasteiger partial charge in [-0.1, -0.05) is 0 Å². The second-order valence-corrected chi connectivity index (χ2v) is 3.04. The van der Waals surface area contributed by atoms with Crippen LogP contribution in [0.1, 0.15) is 0 Å². The zero-order chi connectivity index (χ0) is 10.8. The van der Waals surface area contributed by atoms with E-state index < -0.39 is 6.09 Å². The molecule has 2 aromatic rings. The van der Waals surface area contributed by atoms with E-state index in [1.165, 1.54) is 13.1 Å². The van der Waals surface area contributed by atoms with Crippen molar-refractivity contribution in [1.29, 1.82) is 0 Å². The van der Waals surface area contributed by atoms with E-state index in [4.69, 9.17) is 25.8 Å². The normalized spacial score (nSPS) is 10.2. The SMILES string of the molecule is CNC(=O)Oc1ccc2oc(=S)oc2c1. The van der Waals surface area contributed by atoms with Gasteiger partial charge in [0.25, 0.3) is 0 Å². The molecule has 1 N–H and O–H groups in total. The maximum absolute atomic E-state index is 10.9. The summed E-state index contributed by atoms with van der Waals surface area (Å²) in [4.78, 5) is 11.0. The molecule has 1 aromatic carbocycles. The Kier molecular flexibility index (Phi) is 2.42. The minimum Gasteiger partial charge on any atom is -0.413 e. The van der Waals surface area contributed by atoms with Gasteiger partial charge in [-0.3, -0.25) is 0 Å². The molecular weight excluding hydrogens is 218 g/mol. The van der Waals surface area contributed by atoms with Crippen LogP contribution in [-0.2, 0) is 0 Å². The lowest BCUT2D eigenvalue weighted by molar-refractivity contribution is 0.203. The second kappa shape index (κ2) is 3.74. The fourth-order valence-corrected chi connectivity index (χ4v) is 1.25. The van der Waals surface area contributed by atoms with Gasteiger partial charge in [0.2, 0.25) is 0 Å². The molecule has 1 amide bonds. The Balaban J connectivity index is 2.38. The average molecular weight is 225 g/mol. The first-order valence-corrected chi connectivity index (χ1v) is 4.53. The topological polar surface area (TPSA) is 64.6 Å². The number of benzene rings is 1. The minimum atomic E-state index is -0.545. The fraction of sp³-hybridized carbons (Fsp3) is 0.111. The van der Waals surface area contributed by atoms with Crippen LogP contribution >= 0.6 is 12.2 Å². The van der Waals surface area contributed by atoms with Gasteiger partial charge in [-0.15, -0.1) is 0 Å². The number of carbonyl (C=O) groups is 1. The molecule has 0 radical (unpaired) electrons. The van der Waals surface area contributed by atoms with Crippen molar-refractivity contribution in [3.05, 3.63) is 23.1 Å². The fourth-order valence-electron chi connectivity index (χ4n) is 1.07. The maximum atomic E-state index is 10.9. The van der Waals surface area contributed by atoms with Crippen LogP contribution in [0.3, 0.4) is 0 Å². The number of fused-ring (bicyclic) bond motifs is 1. The predicted molar refractivity (Wildman–Crippen MR) is 54.4 cm³/mol. The van der Waals surface area contributed by atoms with E-state index in [-0.39, 0.29) is 4.90 Å². The number of amides is 1. The predicted octanol–water partition coefficient (Wildman–Crippen LogP) is 2.47. The van der Waals surface area contributed by atoms with E-state index in [1.807, 2.05) is 0 Å². The van der Waals surface area contributed by atoms with Crippen molar-refractivity contribution in [2.75, 3.05) is 7.05 Å². The number of rotatable bonds is 1. The molecule has 2 rings (SSSR count). The van der Waals surface area contributed by atoms with Crippen LogP contribution in [-0.4, -0.2) is 13.1 Å². The molecule has 0 saturated heterocycles. The van der Waals surface area contributed by atoms with Crippen molar-refractivity contribution in [2.24, 2.45) is 0 Å². The number of hydrogen-bond donors (Lipinski definition) is 1. The third-order valence-corrected chi connectivity index (χ3v) is 1.88. The first-order chi connectivity index (χ1) is 7.19. The summed E-state index contributed by atoms with van der Waals surface area (Å²) in [5, 5.41) is 2.33. The molecule has 0 aliphatic heterocycles. The zero-order valence-corrected chi connectivity index (χ0v) is 8.59. The molecular formula is C9H7NO4S. The van der Waals surface area contributed by atoms with Crippen molar-refractivity contribution < 1.29 is 18.4 Å². The molecule has 0 unspecified atom stereocenters. The van der Waals surface area contributed by atoms with Crippen LogP contribution in [0.15, 0.2) is 27.0 Å². The molecule has 15 heavy (non-hydrogen) atoms. The molecule has 6 heteroatoms. The summed E-state index contributed by atoms with van der Waals surface area (Å²) in [6.07, 6.45) is -0.545. The summed E-state index contributed by atoms with van der Waals surface area (Å²) >= 11 is 4.71. The van der Waals surface area contributed by atoms with Gasteiger partial charge in [-0.05, 0) is 12.1 Å². The minimum absolute atomic E-state index is 0.0436. The van der Waals surface area contributed by atoms with Gasteiger partial charge >= 0.3 is 11.0 Å². The molecule has 0 spiro atoms. The molecule has 0 fully saturated rings. The Labute approximate surface area is 89.6 Å². The first-order valence-electron chi connectivity index (χ1n) is 4.12. The summed E-state index contributed by atoms with van der Waals surface area (Å²) in [6, 6.07) is 4.74. The summed E-state index contributed by atoms with van der Waals surface area (Å²) in [5.74, 6) is 0.362. The third-order valence-electron chi connectivity index (χ3n) is 1.72. The lowest BCUT2D eigenvalue weighted by Gasteiger charge is -2.01. The molecule has 0 atom stereocenters. The number of ether oxygens (including phenoxy) is 1. The van der Waals surface area contributed by atoms with Crippen molar-refractivity contribution >= 4 is 29.5 Å². The van der Waals surface area contributed by atoms with Crippen LogP contribution in [0.25, 0.3) is 11.2 Å². The van der Waals surface area contributed by atoms with Crippen LogP contribution in [0.4, 0.5) is 4.79 Å². The number of nitrogens with one attached hydrogen (secondary N) is 1. The number of carbonyl (C=O) groups excluding carboxylic acids is 1. The van der Waals surface area contributed by atoms with Crippen molar-refractivity contribution in [2.45, 2.75) is 0 Å². The van der Waals surface area contributed by atoms with Gasteiger partial charge in [0.15, 0.2) is 11.2 Å². The summed E-state index contributed by atoms with van der Waals surface area (Å²) in [7, 11) is 1.48.